The zero-order chi connectivity index (χ0) is 17.2. The summed E-state index contributed by atoms with van der Waals surface area (Å²) in [5.41, 5.74) is -0.00810. The van der Waals surface area contributed by atoms with Crippen molar-refractivity contribution >= 4 is 17.6 Å². The van der Waals surface area contributed by atoms with E-state index in [4.69, 9.17) is 9.47 Å². The first-order chi connectivity index (χ1) is 11.5. The number of aromatic nitrogens is 1. The Balaban J connectivity index is 1.83. The normalized spacial score (nSPS) is 24.8. The van der Waals surface area contributed by atoms with Crippen LogP contribution in [0.1, 0.15) is 0 Å². The van der Waals surface area contributed by atoms with Gasteiger partial charge in [-0.2, -0.15) is 0 Å². The van der Waals surface area contributed by atoms with Crippen molar-refractivity contribution < 1.29 is 19.1 Å². The summed E-state index contributed by atoms with van der Waals surface area (Å²) in [5, 5.41) is 0. The summed E-state index contributed by atoms with van der Waals surface area (Å²) >= 11 is 0. The predicted molar refractivity (Wildman–Crippen MR) is 86.7 cm³/mol. The highest BCUT2D eigenvalue weighted by Crippen LogP contribution is 2.27. The molecule has 0 N–H and O–H groups in total. The number of carbonyl (C=O) groups is 2. The Morgan fingerprint density at radius 2 is 2.21 bits per heavy atom. The lowest BCUT2D eigenvalue weighted by molar-refractivity contribution is -0.145. The highest BCUT2D eigenvalue weighted by atomic mass is 16.6. The van der Waals surface area contributed by atoms with Crippen LogP contribution in [0.3, 0.4) is 0 Å². The molecule has 8 heteroatoms. The number of pyridine rings is 1. The Hall–Kier alpha value is -2.19. The van der Waals surface area contributed by atoms with E-state index < -0.39 is 5.60 Å². The standard InChI is InChI=1S/C16H22N4O4/c1-18(2)15(22)19-6-7-23-12-16(10-19)11-20(14(21)9-24-16)13-4-3-5-17-8-13/h3-5,8H,6-7,9-12H2,1-2H3/t16-/m0/s1. The molecule has 0 aliphatic carbocycles. The number of morpholine rings is 1. The third-order valence-electron chi connectivity index (χ3n) is 4.21. The van der Waals surface area contributed by atoms with Gasteiger partial charge in [0.2, 0.25) is 0 Å². The number of hydrogen-bond donors (Lipinski definition) is 0. The van der Waals surface area contributed by atoms with E-state index in [0.29, 0.717) is 32.8 Å². The van der Waals surface area contributed by atoms with Gasteiger partial charge in [0.05, 0.1) is 38.2 Å². The SMILES string of the molecule is CN(C)C(=O)N1CCOC[C@]2(C1)CN(c1cccnc1)C(=O)CO2. The first kappa shape index (κ1) is 16.7. The van der Waals surface area contributed by atoms with E-state index in [9.17, 15) is 9.59 Å². The van der Waals surface area contributed by atoms with Gasteiger partial charge in [0.1, 0.15) is 12.2 Å². The molecule has 2 saturated heterocycles. The smallest absolute Gasteiger partial charge is 0.319 e. The van der Waals surface area contributed by atoms with Crippen LogP contribution < -0.4 is 4.90 Å². The average molecular weight is 334 g/mol. The summed E-state index contributed by atoms with van der Waals surface area (Å²) in [6.07, 6.45) is 3.31. The Morgan fingerprint density at radius 3 is 2.92 bits per heavy atom. The molecule has 0 radical (unpaired) electrons. The summed E-state index contributed by atoms with van der Waals surface area (Å²) in [6, 6.07) is 3.54. The second kappa shape index (κ2) is 6.74. The number of ether oxygens (including phenoxy) is 2. The van der Waals surface area contributed by atoms with Gasteiger partial charge >= 0.3 is 6.03 Å². The Labute approximate surface area is 140 Å². The second-order valence-electron chi connectivity index (χ2n) is 6.31. The highest BCUT2D eigenvalue weighted by molar-refractivity contribution is 5.95. The maximum absolute atomic E-state index is 12.3. The van der Waals surface area contributed by atoms with E-state index in [-0.39, 0.29) is 18.5 Å². The maximum atomic E-state index is 12.3. The lowest BCUT2D eigenvalue weighted by Gasteiger charge is -2.43. The van der Waals surface area contributed by atoms with Crippen molar-refractivity contribution in [2.45, 2.75) is 5.60 Å². The third-order valence-corrected chi connectivity index (χ3v) is 4.21. The second-order valence-corrected chi connectivity index (χ2v) is 6.31. The maximum Gasteiger partial charge on any atom is 0.319 e. The third kappa shape index (κ3) is 3.34. The van der Waals surface area contributed by atoms with Crippen molar-refractivity contribution in [1.29, 1.82) is 0 Å². The van der Waals surface area contributed by atoms with Crippen LogP contribution in [0.2, 0.25) is 0 Å². The van der Waals surface area contributed by atoms with Crippen LogP contribution in [0.25, 0.3) is 0 Å². The van der Waals surface area contributed by atoms with Crippen LogP contribution in [0.5, 0.6) is 0 Å². The molecule has 3 heterocycles. The van der Waals surface area contributed by atoms with Gasteiger partial charge in [-0.3, -0.25) is 9.78 Å². The Bertz CT molecular complexity index is 609. The molecule has 2 aliphatic heterocycles. The minimum Gasteiger partial charge on any atom is -0.376 e. The van der Waals surface area contributed by atoms with Crippen molar-refractivity contribution in [2.24, 2.45) is 0 Å². The van der Waals surface area contributed by atoms with E-state index in [1.54, 1.807) is 42.4 Å². The fourth-order valence-electron chi connectivity index (χ4n) is 3.00. The quantitative estimate of drug-likeness (QED) is 0.733. The molecule has 0 saturated carbocycles. The summed E-state index contributed by atoms with van der Waals surface area (Å²) in [6.45, 7) is 1.97. The number of anilines is 1. The molecule has 2 fully saturated rings. The van der Waals surface area contributed by atoms with Gasteiger partial charge in [0, 0.05) is 26.8 Å². The fraction of sp³-hybridized carbons (Fsp3) is 0.562. The largest absolute Gasteiger partial charge is 0.376 e. The van der Waals surface area contributed by atoms with Crippen LogP contribution in [0.4, 0.5) is 10.5 Å². The van der Waals surface area contributed by atoms with Crippen molar-refractivity contribution in [3.63, 3.8) is 0 Å². The van der Waals surface area contributed by atoms with Crippen LogP contribution in [0.15, 0.2) is 24.5 Å². The average Bonchev–Trinajstić information content (AvgIpc) is 2.80. The van der Waals surface area contributed by atoms with E-state index in [0.717, 1.165) is 5.69 Å². The molecule has 8 nitrogen and oxygen atoms in total. The summed E-state index contributed by atoms with van der Waals surface area (Å²) in [4.78, 5) is 33.6. The van der Waals surface area contributed by atoms with Crippen molar-refractivity contribution in [2.75, 3.05) is 58.5 Å². The monoisotopic (exact) mass is 334 g/mol. The summed E-state index contributed by atoms with van der Waals surface area (Å²) in [5.74, 6) is -0.122. The van der Waals surface area contributed by atoms with Crippen LogP contribution in [-0.2, 0) is 14.3 Å². The van der Waals surface area contributed by atoms with Crippen molar-refractivity contribution in [3.05, 3.63) is 24.5 Å². The van der Waals surface area contributed by atoms with Gasteiger partial charge in [0.25, 0.3) is 5.91 Å². The van der Waals surface area contributed by atoms with E-state index >= 15 is 0 Å². The molecule has 3 amide bonds. The minimum absolute atomic E-state index is 0.0394. The Morgan fingerprint density at radius 1 is 1.38 bits per heavy atom. The lowest BCUT2D eigenvalue weighted by atomic mass is 10.0. The number of rotatable bonds is 1. The topological polar surface area (TPSA) is 75.2 Å². The molecule has 1 aromatic rings. The van der Waals surface area contributed by atoms with E-state index in [2.05, 4.69) is 4.98 Å². The van der Waals surface area contributed by atoms with Gasteiger partial charge < -0.3 is 24.2 Å². The number of carbonyl (C=O) groups excluding carboxylic acids is 2. The van der Waals surface area contributed by atoms with E-state index in [1.807, 2.05) is 6.07 Å². The van der Waals surface area contributed by atoms with Crippen LogP contribution in [-0.4, -0.2) is 85.9 Å². The van der Waals surface area contributed by atoms with Gasteiger partial charge in [-0.15, -0.1) is 0 Å². The molecule has 24 heavy (non-hydrogen) atoms. The lowest BCUT2D eigenvalue weighted by Crippen LogP contribution is -2.61. The molecular weight excluding hydrogens is 312 g/mol. The van der Waals surface area contributed by atoms with Gasteiger partial charge in [0.15, 0.2) is 0 Å². The zero-order valence-electron chi connectivity index (χ0n) is 14.0. The summed E-state index contributed by atoms with van der Waals surface area (Å²) in [7, 11) is 3.43. The molecule has 0 aromatic carbocycles. The van der Waals surface area contributed by atoms with Crippen LogP contribution >= 0.6 is 0 Å². The van der Waals surface area contributed by atoms with Crippen LogP contribution in [0, 0.1) is 0 Å². The molecule has 1 aromatic heterocycles. The fourth-order valence-corrected chi connectivity index (χ4v) is 3.00. The molecule has 130 valence electrons. The predicted octanol–water partition coefficient (Wildman–Crippen LogP) is 0.197. The molecule has 2 aliphatic rings. The van der Waals surface area contributed by atoms with E-state index in [1.165, 1.54) is 4.90 Å². The highest BCUT2D eigenvalue weighted by Gasteiger charge is 2.44. The zero-order valence-corrected chi connectivity index (χ0v) is 14.0. The molecule has 3 rings (SSSR count). The minimum atomic E-state index is -0.730. The number of urea groups is 1. The molecule has 1 atom stereocenters. The summed E-state index contributed by atoms with van der Waals surface area (Å²) < 4.78 is 11.5. The van der Waals surface area contributed by atoms with Gasteiger partial charge in [-0.25, -0.2) is 4.79 Å². The van der Waals surface area contributed by atoms with Gasteiger partial charge in [-0.1, -0.05) is 0 Å². The number of nitrogens with zero attached hydrogens (tertiary/aromatic N) is 4. The first-order valence-electron chi connectivity index (χ1n) is 7.89. The van der Waals surface area contributed by atoms with Gasteiger partial charge in [-0.05, 0) is 12.1 Å². The van der Waals surface area contributed by atoms with Crippen molar-refractivity contribution in [1.82, 2.24) is 14.8 Å². The van der Waals surface area contributed by atoms with Crippen molar-refractivity contribution in [3.8, 4) is 0 Å². The molecule has 1 spiro atoms. The number of amides is 3. The first-order valence-corrected chi connectivity index (χ1v) is 7.89. The number of hydrogen-bond acceptors (Lipinski definition) is 5. The molecular formula is C16H22N4O4. The molecule has 0 bridgehead atoms. The molecule has 0 unspecified atom stereocenters. The Kier molecular flexibility index (Phi) is 4.68.